The standard InChI is InChI=1S/C12H18N4O/c1-8-9(7-13)12(16(2)15-8)14-10-5-3-4-6-11(10)17/h10-11,14,17H,3-6H2,1-2H3. The molecule has 5 heteroatoms. The third-order valence-corrected chi connectivity index (χ3v) is 3.39. The summed E-state index contributed by atoms with van der Waals surface area (Å²) >= 11 is 0. The first-order valence-electron chi connectivity index (χ1n) is 6.01. The number of aliphatic hydroxyl groups excluding tert-OH is 1. The molecule has 0 radical (unpaired) electrons. The molecular weight excluding hydrogens is 216 g/mol. The van der Waals surface area contributed by atoms with Crippen LogP contribution in [0.2, 0.25) is 0 Å². The van der Waals surface area contributed by atoms with Gasteiger partial charge in [0.25, 0.3) is 0 Å². The number of nitrogens with one attached hydrogen (secondary N) is 1. The molecule has 2 unspecified atom stereocenters. The van der Waals surface area contributed by atoms with E-state index in [1.54, 1.807) is 4.68 Å². The molecule has 1 heterocycles. The van der Waals surface area contributed by atoms with Gasteiger partial charge in [0, 0.05) is 7.05 Å². The molecule has 2 rings (SSSR count). The van der Waals surface area contributed by atoms with Crippen molar-refractivity contribution in [2.75, 3.05) is 5.32 Å². The third-order valence-electron chi connectivity index (χ3n) is 3.39. The molecule has 0 amide bonds. The van der Waals surface area contributed by atoms with E-state index in [2.05, 4.69) is 16.5 Å². The Morgan fingerprint density at radius 1 is 1.47 bits per heavy atom. The zero-order valence-electron chi connectivity index (χ0n) is 10.3. The largest absolute Gasteiger partial charge is 0.391 e. The first-order valence-corrected chi connectivity index (χ1v) is 6.01. The summed E-state index contributed by atoms with van der Waals surface area (Å²) in [5.41, 5.74) is 1.30. The fourth-order valence-electron chi connectivity index (χ4n) is 2.41. The second-order valence-electron chi connectivity index (χ2n) is 4.65. The van der Waals surface area contributed by atoms with Crippen molar-refractivity contribution in [2.45, 2.75) is 44.8 Å². The third kappa shape index (κ3) is 2.27. The second kappa shape index (κ2) is 4.76. The van der Waals surface area contributed by atoms with Gasteiger partial charge in [0.1, 0.15) is 17.5 Å². The van der Waals surface area contributed by atoms with E-state index in [4.69, 9.17) is 5.26 Å². The van der Waals surface area contributed by atoms with E-state index in [1.807, 2.05) is 14.0 Å². The lowest BCUT2D eigenvalue weighted by Crippen LogP contribution is -2.37. The Hall–Kier alpha value is -1.54. The zero-order chi connectivity index (χ0) is 12.4. The minimum atomic E-state index is -0.328. The predicted molar refractivity (Wildman–Crippen MR) is 64.5 cm³/mol. The number of nitriles is 1. The van der Waals surface area contributed by atoms with Crippen LogP contribution in [0.5, 0.6) is 0 Å². The fourth-order valence-corrected chi connectivity index (χ4v) is 2.41. The number of anilines is 1. The normalized spacial score (nSPS) is 24.4. The maximum absolute atomic E-state index is 9.92. The lowest BCUT2D eigenvalue weighted by atomic mass is 9.92. The summed E-state index contributed by atoms with van der Waals surface area (Å²) in [5.74, 6) is 0.718. The molecule has 0 bridgehead atoms. The van der Waals surface area contributed by atoms with Gasteiger partial charge in [-0.05, 0) is 19.8 Å². The van der Waals surface area contributed by atoms with E-state index in [0.717, 1.165) is 37.2 Å². The molecule has 1 saturated carbocycles. The van der Waals surface area contributed by atoms with Crippen molar-refractivity contribution >= 4 is 5.82 Å². The van der Waals surface area contributed by atoms with Crippen LogP contribution >= 0.6 is 0 Å². The second-order valence-corrected chi connectivity index (χ2v) is 4.65. The van der Waals surface area contributed by atoms with Crippen molar-refractivity contribution in [1.29, 1.82) is 5.26 Å². The van der Waals surface area contributed by atoms with Crippen molar-refractivity contribution < 1.29 is 5.11 Å². The molecule has 1 fully saturated rings. The first kappa shape index (κ1) is 11.9. The molecule has 2 N–H and O–H groups in total. The van der Waals surface area contributed by atoms with Crippen molar-refractivity contribution in [1.82, 2.24) is 9.78 Å². The summed E-state index contributed by atoms with van der Waals surface area (Å²) in [6.07, 6.45) is 3.64. The number of hydrogen-bond donors (Lipinski definition) is 2. The van der Waals surface area contributed by atoms with E-state index in [0.29, 0.717) is 5.56 Å². The highest BCUT2D eigenvalue weighted by molar-refractivity contribution is 5.55. The maximum Gasteiger partial charge on any atom is 0.142 e. The molecule has 1 aromatic heterocycles. The summed E-state index contributed by atoms with van der Waals surface area (Å²) in [7, 11) is 1.81. The highest BCUT2D eigenvalue weighted by atomic mass is 16.3. The van der Waals surface area contributed by atoms with Gasteiger partial charge >= 0.3 is 0 Å². The van der Waals surface area contributed by atoms with Crippen molar-refractivity contribution in [3.63, 3.8) is 0 Å². The number of rotatable bonds is 2. The molecule has 1 aliphatic rings. The molecule has 2 atom stereocenters. The van der Waals surface area contributed by atoms with Crippen LogP contribution in [0, 0.1) is 18.3 Å². The maximum atomic E-state index is 9.92. The van der Waals surface area contributed by atoms with Gasteiger partial charge in [-0.3, -0.25) is 4.68 Å². The molecule has 0 aliphatic heterocycles. The molecule has 0 saturated heterocycles. The molecule has 1 aromatic rings. The van der Waals surface area contributed by atoms with E-state index in [-0.39, 0.29) is 12.1 Å². The van der Waals surface area contributed by atoms with Gasteiger partial charge in [0.15, 0.2) is 0 Å². The number of aliphatic hydroxyl groups is 1. The van der Waals surface area contributed by atoms with Crippen LogP contribution in [-0.2, 0) is 7.05 Å². The SMILES string of the molecule is Cc1nn(C)c(NC2CCCCC2O)c1C#N. The summed E-state index contributed by atoms with van der Waals surface area (Å²) in [5, 5.41) is 26.5. The number of nitrogens with zero attached hydrogens (tertiary/aromatic N) is 3. The van der Waals surface area contributed by atoms with Crippen LogP contribution in [0.4, 0.5) is 5.82 Å². The van der Waals surface area contributed by atoms with Gasteiger partial charge in [-0.25, -0.2) is 0 Å². The molecule has 5 nitrogen and oxygen atoms in total. The van der Waals surface area contributed by atoms with Gasteiger partial charge in [0.2, 0.25) is 0 Å². The Morgan fingerprint density at radius 3 is 2.82 bits per heavy atom. The Morgan fingerprint density at radius 2 is 2.18 bits per heavy atom. The van der Waals surface area contributed by atoms with Gasteiger partial charge in [-0.15, -0.1) is 0 Å². The zero-order valence-corrected chi connectivity index (χ0v) is 10.3. The smallest absolute Gasteiger partial charge is 0.142 e. The Kier molecular flexibility index (Phi) is 3.34. The highest BCUT2D eigenvalue weighted by Crippen LogP contribution is 2.24. The summed E-state index contributed by atoms with van der Waals surface area (Å²) in [4.78, 5) is 0. The highest BCUT2D eigenvalue weighted by Gasteiger charge is 2.25. The Labute approximate surface area is 101 Å². The topological polar surface area (TPSA) is 73.9 Å². The summed E-state index contributed by atoms with van der Waals surface area (Å²) in [6, 6.07) is 2.19. The van der Waals surface area contributed by atoms with Crippen molar-refractivity contribution in [3.05, 3.63) is 11.3 Å². The lowest BCUT2D eigenvalue weighted by Gasteiger charge is -2.29. The summed E-state index contributed by atoms with van der Waals surface area (Å²) < 4.78 is 1.68. The Bertz CT molecular complexity index is 446. The van der Waals surface area contributed by atoms with Crippen LogP contribution in [0.3, 0.4) is 0 Å². The van der Waals surface area contributed by atoms with Gasteiger partial charge in [-0.2, -0.15) is 10.4 Å². The minimum absolute atomic E-state index is 0.0330. The monoisotopic (exact) mass is 234 g/mol. The van der Waals surface area contributed by atoms with Crippen LogP contribution in [-0.4, -0.2) is 27.0 Å². The fraction of sp³-hybridized carbons (Fsp3) is 0.667. The van der Waals surface area contributed by atoms with Gasteiger partial charge in [-0.1, -0.05) is 12.8 Å². The van der Waals surface area contributed by atoms with E-state index < -0.39 is 0 Å². The average Bonchev–Trinajstić information content (AvgIpc) is 2.56. The lowest BCUT2D eigenvalue weighted by molar-refractivity contribution is 0.116. The van der Waals surface area contributed by atoms with E-state index in [9.17, 15) is 5.11 Å². The minimum Gasteiger partial charge on any atom is -0.391 e. The van der Waals surface area contributed by atoms with Crippen LogP contribution in [0.15, 0.2) is 0 Å². The Balaban J connectivity index is 2.21. The quantitative estimate of drug-likeness (QED) is 0.809. The van der Waals surface area contributed by atoms with Crippen LogP contribution in [0.1, 0.15) is 36.9 Å². The molecular formula is C12H18N4O. The van der Waals surface area contributed by atoms with Crippen LogP contribution in [0.25, 0.3) is 0 Å². The molecule has 0 aromatic carbocycles. The number of hydrogen-bond acceptors (Lipinski definition) is 4. The van der Waals surface area contributed by atoms with Crippen molar-refractivity contribution in [3.8, 4) is 6.07 Å². The van der Waals surface area contributed by atoms with E-state index in [1.165, 1.54) is 0 Å². The number of aromatic nitrogens is 2. The van der Waals surface area contributed by atoms with Crippen molar-refractivity contribution in [2.24, 2.45) is 7.05 Å². The van der Waals surface area contributed by atoms with Crippen LogP contribution < -0.4 is 5.32 Å². The predicted octanol–water partition coefficient (Wildman–Crippen LogP) is 1.32. The number of aryl methyl sites for hydroxylation is 2. The average molecular weight is 234 g/mol. The summed E-state index contributed by atoms with van der Waals surface area (Å²) in [6.45, 7) is 1.82. The van der Waals surface area contributed by atoms with E-state index >= 15 is 0 Å². The first-order chi connectivity index (χ1) is 8.13. The molecule has 92 valence electrons. The van der Waals surface area contributed by atoms with Gasteiger partial charge in [0.05, 0.1) is 17.8 Å². The molecule has 17 heavy (non-hydrogen) atoms. The van der Waals surface area contributed by atoms with Gasteiger partial charge < -0.3 is 10.4 Å². The molecule has 1 aliphatic carbocycles. The molecule has 0 spiro atoms.